The molecule has 34 heavy (non-hydrogen) atoms. The normalized spacial score (nSPS) is 14.3. The highest BCUT2D eigenvalue weighted by molar-refractivity contribution is 7.98. The summed E-state index contributed by atoms with van der Waals surface area (Å²) in [4.78, 5) is 4.53. The van der Waals surface area contributed by atoms with E-state index in [0.29, 0.717) is 56.2 Å². The summed E-state index contributed by atoms with van der Waals surface area (Å²) in [6.45, 7) is 4.94. The second kappa shape index (κ2) is 8.90. The Morgan fingerprint density at radius 2 is 1.47 bits per heavy atom. The minimum absolute atomic E-state index is 0.469. The Kier molecular flexibility index (Phi) is 5.46. The fraction of sp³-hybridized carbons (Fsp3) is 0.304. The van der Waals surface area contributed by atoms with Gasteiger partial charge in [0.2, 0.25) is 11.7 Å². The predicted octanol–water partition coefficient (Wildman–Crippen LogP) is 3.85. The number of rotatable bonds is 6. The maximum Gasteiger partial charge on any atom is 0.237 e. The molecule has 0 saturated heterocycles. The van der Waals surface area contributed by atoms with E-state index >= 15 is 0 Å². The molecule has 0 saturated carbocycles. The van der Waals surface area contributed by atoms with Crippen LogP contribution >= 0.6 is 11.8 Å². The number of benzene rings is 2. The first-order valence-electron chi connectivity index (χ1n) is 11.0. The summed E-state index contributed by atoms with van der Waals surface area (Å²) in [5.74, 6) is 5.12. The molecule has 4 aromatic rings. The number of thioether (sulfide) groups is 1. The second-order valence-corrected chi connectivity index (χ2v) is 8.51. The standard InChI is InChI=1S/C23H21N5O5S/c1-2-28-22(15-4-6-17-19(12-15)32-10-8-30-17)25-26-23(28)34-13-20-24-21(27-33-20)14-3-5-16-18(11-14)31-9-7-29-16/h3-6,11-12H,2,7-10,13H2,1H3. The zero-order valence-corrected chi connectivity index (χ0v) is 19.2. The molecule has 10 nitrogen and oxygen atoms in total. The van der Waals surface area contributed by atoms with Crippen molar-refractivity contribution < 1.29 is 23.5 Å². The van der Waals surface area contributed by atoms with Crippen LogP contribution in [0.5, 0.6) is 23.0 Å². The van der Waals surface area contributed by atoms with Gasteiger partial charge in [0.25, 0.3) is 0 Å². The third-order valence-electron chi connectivity index (χ3n) is 5.43. The molecular formula is C23H21N5O5S. The highest BCUT2D eigenvalue weighted by atomic mass is 32.2. The summed E-state index contributed by atoms with van der Waals surface area (Å²) in [5.41, 5.74) is 1.73. The predicted molar refractivity (Wildman–Crippen MR) is 122 cm³/mol. The smallest absolute Gasteiger partial charge is 0.237 e. The lowest BCUT2D eigenvalue weighted by molar-refractivity contribution is 0.171. The van der Waals surface area contributed by atoms with Crippen LogP contribution in [0, 0.1) is 0 Å². The Hall–Kier alpha value is -3.73. The summed E-state index contributed by atoms with van der Waals surface area (Å²) in [6, 6.07) is 11.4. The van der Waals surface area contributed by atoms with Crippen molar-refractivity contribution >= 4 is 11.8 Å². The van der Waals surface area contributed by atoms with E-state index in [2.05, 4.69) is 27.3 Å². The van der Waals surface area contributed by atoms with Gasteiger partial charge in [-0.05, 0) is 43.3 Å². The van der Waals surface area contributed by atoms with Gasteiger partial charge in [-0.3, -0.25) is 0 Å². The third-order valence-corrected chi connectivity index (χ3v) is 6.38. The first kappa shape index (κ1) is 20.8. The quantitative estimate of drug-likeness (QED) is 0.379. The lowest BCUT2D eigenvalue weighted by Crippen LogP contribution is -2.15. The van der Waals surface area contributed by atoms with Crippen LogP contribution < -0.4 is 18.9 Å². The van der Waals surface area contributed by atoms with E-state index in [-0.39, 0.29) is 0 Å². The molecule has 0 unspecified atom stereocenters. The summed E-state index contributed by atoms with van der Waals surface area (Å²) >= 11 is 1.49. The Balaban J connectivity index is 1.18. The molecule has 2 aromatic carbocycles. The molecule has 0 bridgehead atoms. The minimum Gasteiger partial charge on any atom is -0.486 e. The molecule has 0 atom stereocenters. The summed E-state index contributed by atoms with van der Waals surface area (Å²) in [5, 5.41) is 13.7. The minimum atomic E-state index is 0.469. The highest BCUT2D eigenvalue weighted by Crippen LogP contribution is 2.36. The van der Waals surface area contributed by atoms with E-state index in [1.54, 1.807) is 0 Å². The zero-order valence-electron chi connectivity index (χ0n) is 18.4. The number of aromatic nitrogens is 5. The van der Waals surface area contributed by atoms with E-state index in [1.165, 1.54) is 11.8 Å². The number of ether oxygens (including phenoxy) is 4. The molecule has 0 spiro atoms. The van der Waals surface area contributed by atoms with Crippen LogP contribution in [0.2, 0.25) is 0 Å². The van der Waals surface area contributed by atoms with Gasteiger partial charge in [0, 0.05) is 17.7 Å². The van der Waals surface area contributed by atoms with Crippen molar-refractivity contribution in [3.05, 3.63) is 42.3 Å². The van der Waals surface area contributed by atoms with Gasteiger partial charge in [-0.1, -0.05) is 16.9 Å². The fourth-order valence-corrected chi connectivity index (χ4v) is 4.66. The molecule has 0 aliphatic carbocycles. The molecule has 0 amide bonds. The molecule has 4 heterocycles. The molecule has 174 valence electrons. The van der Waals surface area contributed by atoms with Crippen molar-refractivity contribution in [2.45, 2.75) is 24.4 Å². The summed E-state index contributed by atoms with van der Waals surface area (Å²) in [7, 11) is 0. The number of hydrogen-bond donors (Lipinski definition) is 0. The highest BCUT2D eigenvalue weighted by Gasteiger charge is 2.19. The topological polar surface area (TPSA) is 107 Å². The van der Waals surface area contributed by atoms with Crippen LogP contribution in [-0.4, -0.2) is 51.3 Å². The molecule has 11 heteroatoms. The van der Waals surface area contributed by atoms with Gasteiger partial charge in [0.1, 0.15) is 26.4 Å². The van der Waals surface area contributed by atoms with Crippen LogP contribution in [0.3, 0.4) is 0 Å². The molecule has 2 aliphatic rings. The van der Waals surface area contributed by atoms with Crippen molar-refractivity contribution in [3.8, 4) is 45.8 Å². The van der Waals surface area contributed by atoms with Crippen LogP contribution in [0.4, 0.5) is 0 Å². The van der Waals surface area contributed by atoms with Crippen molar-refractivity contribution in [1.29, 1.82) is 0 Å². The van der Waals surface area contributed by atoms with Crippen molar-refractivity contribution in [2.24, 2.45) is 0 Å². The fourth-order valence-electron chi connectivity index (χ4n) is 3.82. The van der Waals surface area contributed by atoms with E-state index < -0.39 is 0 Å². The first-order valence-corrected chi connectivity index (χ1v) is 12.0. The summed E-state index contributed by atoms with van der Waals surface area (Å²) in [6.07, 6.45) is 0. The van der Waals surface area contributed by atoms with E-state index in [1.807, 2.05) is 41.0 Å². The van der Waals surface area contributed by atoms with Gasteiger partial charge in [-0.25, -0.2) is 0 Å². The Morgan fingerprint density at radius 3 is 2.18 bits per heavy atom. The van der Waals surface area contributed by atoms with Crippen LogP contribution in [-0.2, 0) is 12.3 Å². The van der Waals surface area contributed by atoms with E-state index in [4.69, 9.17) is 23.5 Å². The number of nitrogens with zero attached hydrogens (tertiary/aromatic N) is 5. The largest absolute Gasteiger partial charge is 0.486 e. The maximum atomic E-state index is 5.71. The van der Waals surface area contributed by atoms with Gasteiger partial charge in [0.15, 0.2) is 34.0 Å². The molecule has 0 radical (unpaired) electrons. The van der Waals surface area contributed by atoms with Crippen LogP contribution in [0.1, 0.15) is 12.8 Å². The number of fused-ring (bicyclic) bond motifs is 2. The Bertz CT molecular complexity index is 1340. The van der Waals surface area contributed by atoms with Crippen LogP contribution in [0.25, 0.3) is 22.8 Å². The molecule has 0 fully saturated rings. The van der Waals surface area contributed by atoms with Crippen molar-refractivity contribution in [3.63, 3.8) is 0 Å². The monoisotopic (exact) mass is 479 g/mol. The van der Waals surface area contributed by atoms with Crippen LogP contribution in [0.15, 0.2) is 46.1 Å². The third kappa shape index (κ3) is 3.92. The van der Waals surface area contributed by atoms with E-state index in [9.17, 15) is 0 Å². The van der Waals surface area contributed by atoms with Gasteiger partial charge in [-0.2, -0.15) is 4.98 Å². The number of hydrogen-bond acceptors (Lipinski definition) is 10. The second-order valence-electron chi connectivity index (χ2n) is 7.57. The zero-order chi connectivity index (χ0) is 22.9. The molecule has 2 aliphatic heterocycles. The lowest BCUT2D eigenvalue weighted by Gasteiger charge is -2.18. The molecule has 0 N–H and O–H groups in total. The van der Waals surface area contributed by atoms with E-state index in [0.717, 1.165) is 39.4 Å². The van der Waals surface area contributed by atoms with Crippen molar-refractivity contribution in [2.75, 3.05) is 26.4 Å². The van der Waals surface area contributed by atoms with Gasteiger partial charge < -0.3 is 28.0 Å². The SMILES string of the molecule is CCn1c(SCc2nc(-c3ccc4c(c3)OCCO4)no2)nnc1-c1ccc2c(c1)OCCO2. The first-order chi connectivity index (χ1) is 16.8. The Morgan fingerprint density at radius 1 is 0.824 bits per heavy atom. The van der Waals surface area contributed by atoms with Gasteiger partial charge in [-0.15, -0.1) is 10.2 Å². The molecule has 2 aromatic heterocycles. The maximum absolute atomic E-state index is 5.71. The van der Waals surface area contributed by atoms with Gasteiger partial charge in [0.05, 0.1) is 5.75 Å². The van der Waals surface area contributed by atoms with Gasteiger partial charge >= 0.3 is 0 Å². The molecule has 6 rings (SSSR count). The lowest BCUT2D eigenvalue weighted by atomic mass is 10.2. The molecular weight excluding hydrogens is 458 g/mol. The Labute approximate surface area is 199 Å². The average molecular weight is 480 g/mol. The average Bonchev–Trinajstić information content (AvgIpc) is 3.54. The summed E-state index contributed by atoms with van der Waals surface area (Å²) < 4.78 is 30.1. The van der Waals surface area contributed by atoms with Crippen molar-refractivity contribution in [1.82, 2.24) is 24.9 Å².